The van der Waals surface area contributed by atoms with E-state index in [1.54, 1.807) is 0 Å². The molecule has 0 aliphatic carbocycles. The van der Waals surface area contributed by atoms with E-state index in [9.17, 15) is 0 Å². The maximum Gasteiger partial charge on any atom is 0.00977 e. The molecule has 0 radical (unpaired) electrons. The smallest absolute Gasteiger partial charge is 0.00977 e. The first-order valence-electron chi connectivity index (χ1n) is 6.33. The molecule has 0 amide bonds. The highest BCUT2D eigenvalue weighted by Crippen LogP contribution is 2.30. The van der Waals surface area contributed by atoms with Crippen LogP contribution in [0.5, 0.6) is 0 Å². The summed E-state index contributed by atoms with van der Waals surface area (Å²) >= 11 is 0. The molecule has 0 aromatic rings. The summed E-state index contributed by atoms with van der Waals surface area (Å²) in [6.45, 7) is 12.2. The number of rotatable bonds is 5. The van der Waals surface area contributed by atoms with E-state index >= 15 is 0 Å². The fraction of sp³-hybridized carbons (Fsp3) is 1.00. The fourth-order valence-corrected chi connectivity index (χ4v) is 2.42. The lowest BCUT2D eigenvalue weighted by Crippen LogP contribution is -2.35. The van der Waals surface area contributed by atoms with E-state index in [-0.39, 0.29) is 0 Å². The van der Waals surface area contributed by atoms with Crippen LogP contribution >= 0.6 is 0 Å². The van der Waals surface area contributed by atoms with Crippen LogP contribution in [0.2, 0.25) is 0 Å². The minimum absolute atomic E-state index is 0.531. The van der Waals surface area contributed by atoms with Crippen LogP contribution in [0, 0.1) is 5.41 Å². The Labute approximate surface area is 89.9 Å². The standard InChI is InChI=1S/C13H27N/c1-5-12(11-13(3,4)6-2)14-9-7-8-10-14/h12H,5-11H2,1-4H3. The molecule has 0 spiro atoms. The van der Waals surface area contributed by atoms with Gasteiger partial charge in [-0.15, -0.1) is 0 Å². The van der Waals surface area contributed by atoms with Crippen LogP contribution in [0.4, 0.5) is 0 Å². The zero-order chi connectivity index (χ0) is 10.6. The van der Waals surface area contributed by atoms with Crippen molar-refractivity contribution in [3.8, 4) is 0 Å². The van der Waals surface area contributed by atoms with Gasteiger partial charge < -0.3 is 4.90 Å². The summed E-state index contributed by atoms with van der Waals surface area (Å²) in [5, 5.41) is 0. The summed E-state index contributed by atoms with van der Waals surface area (Å²) in [4.78, 5) is 2.71. The predicted molar refractivity (Wildman–Crippen MR) is 63.6 cm³/mol. The average molecular weight is 197 g/mol. The molecule has 1 heterocycles. The molecule has 0 saturated carbocycles. The molecule has 0 aromatic heterocycles. The monoisotopic (exact) mass is 197 g/mol. The highest BCUT2D eigenvalue weighted by Gasteiger charge is 2.26. The summed E-state index contributed by atoms with van der Waals surface area (Å²) in [6.07, 6.45) is 6.84. The fourth-order valence-electron chi connectivity index (χ4n) is 2.42. The van der Waals surface area contributed by atoms with E-state index < -0.39 is 0 Å². The third-order valence-electron chi connectivity index (χ3n) is 3.87. The highest BCUT2D eigenvalue weighted by molar-refractivity contribution is 4.81. The van der Waals surface area contributed by atoms with Gasteiger partial charge in [-0.25, -0.2) is 0 Å². The molecule has 1 aliphatic rings. The molecule has 1 atom stereocenters. The summed E-state index contributed by atoms with van der Waals surface area (Å²) in [7, 11) is 0. The van der Waals surface area contributed by atoms with Crippen LogP contribution in [0.1, 0.15) is 59.8 Å². The van der Waals surface area contributed by atoms with Crippen molar-refractivity contribution in [2.45, 2.75) is 65.8 Å². The molecule has 1 heteroatoms. The second-order valence-corrected chi connectivity index (χ2v) is 5.53. The zero-order valence-electron chi connectivity index (χ0n) is 10.5. The van der Waals surface area contributed by atoms with Gasteiger partial charge in [-0.1, -0.05) is 34.1 Å². The Morgan fingerprint density at radius 1 is 1.14 bits per heavy atom. The van der Waals surface area contributed by atoms with E-state index in [4.69, 9.17) is 0 Å². The second-order valence-electron chi connectivity index (χ2n) is 5.53. The summed E-state index contributed by atoms with van der Waals surface area (Å²) in [5.41, 5.74) is 0.531. The average Bonchev–Trinajstić information content (AvgIpc) is 2.67. The van der Waals surface area contributed by atoms with Crippen molar-refractivity contribution >= 4 is 0 Å². The largest absolute Gasteiger partial charge is 0.300 e. The number of hydrogen-bond acceptors (Lipinski definition) is 1. The van der Waals surface area contributed by atoms with Crippen molar-refractivity contribution in [2.75, 3.05) is 13.1 Å². The molecule has 14 heavy (non-hydrogen) atoms. The molecule has 0 bridgehead atoms. The minimum atomic E-state index is 0.531. The molecule has 0 N–H and O–H groups in total. The normalized spacial score (nSPS) is 21.4. The molecule has 1 nitrogen and oxygen atoms in total. The SMILES string of the molecule is CCC(CC(C)(C)CC)N1CCCC1. The molecule has 84 valence electrons. The van der Waals surface area contributed by atoms with Gasteiger partial charge in [-0.2, -0.15) is 0 Å². The van der Waals surface area contributed by atoms with Crippen LogP contribution in [-0.2, 0) is 0 Å². The summed E-state index contributed by atoms with van der Waals surface area (Å²) in [6, 6.07) is 0.840. The van der Waals surface area contributed by atoms with Gasteiger partial charge in [0.2, 0.25) is 0 Å². The summed E-state index contributed by atoms with van der Waals surface area (Å²) in [5.74, 6) is 0. The third kappa shape index (κ3) is 3.27. The van der Waals surface area contributed by atoms with Crippen molar-refractivity contribution < 1.29 is 0 Å². The van der Waals surface area contributed by atoms with E-state index in [1.807, 2.05) is 0 Å². The first kappa shape index (κ1) is 12.0. The van der Waals surface area contributed by atoms with Crippen molar-refractivity contribution in [1.29, 1.82) is 0 Å². The number of likely N-dealkylation sites (tertiary alicyclic amines) is 1. The van der Waals surface area contributed by atoms with Crippen LogP contribution in [0.3, 0.4) is 0 Å². The van der Waals surface area contributed by atoms with Crippen LogP contribution in [-0.4, -0.2) is 24.0 Å². The van der Waals surface area contributed by atoms with Crippen LogP contribution in [0.25, 0.3) is 0 Å². The lowest BCUT2D eigenvalue weighted by Gasteiger charge is -2.33. The van der Waals surface area contributed by atoms with E-state index in [0.29, 0.717) is 5.41 Å². The van der Waals surface area contributed by atoms with Gasteiger partial charge in [0.05, 0.1) is 0 Å². The highest BCUT2D eigenvalue weighted by atomic mass is 15.2. The predicted octanol–water partition coefficient (Wildman–Crippen LogP) is 3.69. The lowest BCUT2D eigenvalue weighted by atomic mass is 9.82. The van der Waals surface area contributed by atoms with E-state index in [1.165, 1.54) is 45.2 Å². The Morgan fingerprint density at radius 3 is 2.14 bits per heavy atom. The number of nitrogens with zero attached hydrogens (tertiary/aromatic N) is 1. The summed E-state index contributed by atoms with van der Waals surface area (Å²) < 4.78 is 0. The van der Waals surface area contributed by atoms with Gasteiger partial charge in [-0.05, 0) is 44.2 Å². The molecule has 1 aliphatic heterocycles. The maximum atomic E-state index is 2.71. The minimum Gasteiger partial charge on any atom is -0.300 e. The molecule has 1 fully saturated rings. The quantitative estimate of drug-likeness (QED) is 0.650. The van der Waals surface area contributed by atoms with Gasteiger partial charge in [0.15, 0.2) is 0 Å². The van der Waals surface area contributed by atoms with Gasteiger partial charge in [0.25, 0.3) is 0 Å². The van der Waals surface area contributed by atoms with Gasteiger partial charge in [0.1, 0.15) is 0 Å². The zero-order valence-corrected chi connectivity index (χ0v) is 10.5. The Morgan fingerprint density at radius 2 is 1.71 bits per heavy atom. The topological polar surface area (TPSA) is 3.24 Å². The Kier molecular flexibility index (Phi) is 4.43. The van der Waals surface area contributed by atoms with Gasteiger partial charge in [-0.3, -0.25) is 0 Å². The molecular formula is C13H27N. The molecule has 1 rings (SSSR count). The number of hydrogen-bond donors (Lipinski definition) is 0. The van der Waals surface area contributed by atoms with Crippen molar-refractivity contribution in [1.82, 2.24) is 4.90 Å². The Hall–Kier alpha value is -0.0400. The van der Waals surface area contributed by atoms with Gasteiger partial charge in [0, 0.05) is 6.04 Å². The third-order valence-corrected chi connectivity index (χ3v) is 3.87. The van der Waals surface area contributed by atoms with Crippen LogP contribution in [0.15, 0.2) is 0 Å². The Balaban J connectivity index is 2.45. The molecular weight excluding hydrogens is 170 g/mol. The van der Waals surface area contributed by atoms with Gasteiger partial charge >= 0.3 is 0 Å². The van der Waals surface area contributed by atoms with Crippen LogP contribution < -0.4 is 0 Å². The maximum absolute atomic E-state index is 2.71. The molecule has 0 aromatic carbocycles. The van der Waals surface area contributed by atoms with E-state index in [0.717, 1.165) is 6.04 Å². The molecule has 1 saturated heterocycles. The van der Waals surface area contributed by atoms with Crippen molar-refractivity contribution in [3.63, 3.8) is 0 Å². The second kappa shape index (κ2) is 5.16. The van der Waals surface area contributed by atoms with Crippen molar-refractivity contribution in [3.05, 3.63) is 0 Å². The molecule has 1 unspecified atom stereocenters. The first-order valence-corrected chi connectivity index (χ1v) is 6.33. The first-order chi connectivity index (χ1) is 6.59. The Bertz CT molecular complexity index is 157. The van der Waals surface area contributed by atoms with Crippen molar-refractivity contribution in [2.24, 2.45) is 5.41 Å². The lowest BCUT2D eigenvalue weighted by molar-refractivity contribution is 0.161. The van der Waals surface area contributed by atoms with E-state index in [2.05, 4.69) is 32.6 Å².